The van der Waals surface area contributed by atoms with Crippen LogP contribution in [0.4, 0.5) is 28.9 Å². The van der Waals surface area contributed by atoms with E-state index < -0.39 is 23.3 Å². The van der Waals surface area contributed by atoms with Crippen molar-refractivity contribution >= 4 is 11.4 Å². The minimum Gasteiger partial charge on any atom is -0.421 e. The second kappa shape index (κ2) is 21.8. The smallest absolute Gasteiger partial charge is 0.421 e. The number of rotatable bonds is 10. The first-order valence-corrected chi connectivity index (χ1v) is 15.4. The minimum absolute atomic E-state index is 0. The average Bonchev–Trinajstić information content (AvgIpc) is 3.76. The Balaban J connectivity index is 0.000000644. The van der Waals surface area contributed by atoms with Gasteiger partial charge in [-0.2, -0.15) is 36.4 Å². The Kier molecular flexibility index (Phi) is 20.5. The largest absolute Gasteiger partial charge is 4.00 e. The zero-order valence-corrected chi connectivity index (χ0v) is 29.8. The van der Waals surface area contributed by atoms with Crippen molar-refractivity contribution < 1.29 is 39.3 Å². The van der Waals surface area contributed by atoms with Crippen molar-refractivity contribution in [3.05, 3.63) is 120 Å². The van der Waals surface area contributed by atoms with Crippen LogP contribution in [0.1, 0.15) is 68.2 Å². The molecule has 0 aliphatic carbocycles. The number of hydrogen-bond donors (Lipinski definition) is 0. The fourth-order valence-corrected chi connectivity index (χ4v) is 3.99. The van der Waals surface area contributed by atoms with Crippen LogP contribution in [0.5, 0.6) is 0 Å². The van der Waals surface area contributed by atoms with Gasteiger partial charge in [0.2, 0.25) is 0 Å². The van der Waals surface area contributed by atoms with Gasteiger partial charge in [0, 0.05) is 49.4 Å². The van der Waals surface area contributed by atoms with Gasteiger partial charge in [-0.25, -0.2) is 41.8 Å². The quantitative estimate of drug-likeness (QED) is 0.0951. The maximum absolute atomic E-state index is 13.6. The van der Waals surface area contributed by atoms with Crippen LogP contribution in [0.25, 0.3) is 0 Å². The molecule has 0 heterocycles. The van der Waals surface area contributed by atoms with E-state index in [0.29, 0.717) is 24.5 Å². The Hall–Kier alpha value is -2.83. The number of benzene rings is 2. The van der Waals surface area contributed by atoms with E-state index in [1.807, 2.05) is 84.3 Å². The Morgan fingerprint density at radius 2 is 0.889 bits per heavy atom. The maximum atomic E-state index is 13.6. The van der Waals surface area contributed by atoms with Crippen LogP contribution in [0, 0.1) is 46.2 Å². The van der Waals surface area contributed by atoms with Gasteiger partial charge in [0.05, 0.1) is 0 Å². The summed E-state index contributed by atoms with van der Waals surface area (Å²) in [5.74, 6) is -2.54. The molecule has 0 amide bonds. The molecule has 0 unspecified atom stereocenters. The molecule has 0 spiro atoms. The summed E-state index contributed by atoms with van der Waals surface area (Å²) in [7, 11) is 0. The fourth-order valence-electron chi connectivity index (χ4n) is 3.99. The van der Waals surface area contributed by atoms with Gasteiger partial charge in [-0.15, -0.1) is 36.4 Å². The van der Waals surface area contributed by atoms with Crippen LogP contribution >= 0.6 is 0 Å². The van der Waals surface area contributed by atoms with E-state index in [2.05, 4.69) is 53.7 Å². The van der Waals surface area contributed by atoms with E-state index in [9.17, 15) is 17.6 Å². The van der Waals surface area contributed by atoms with Crippen molar-refractivity contribution in [2.75, 3.05) is 36.0 Å². The second-order valence-corrected chi connectivity index (χ2v) is 12.0. The van der Waals surface area contributed by atoms with Crippen molar-refractivity contribution in [3.63, 3.8) is 0 Å². The molecule has 0 aromatic heterocycles. The van der Waals surface area contributed by atoms with Gasteiger partial charge >= 0.3 is 21.7 Å². The summed E-state index contributed by atoms with van der Waals surface area (Å²) >= 11 is 0. The SMILES string of the molecule is CCN(CC(C)(C)CC)c1ccc(F)[c-]c1F.CCN(CC(C)(C)CC)c1ccc(F)[c-]c1F.[Ti+4].c1cc[cH-]c1.c1cc[cH-]c1. The maximum Gasteiger partial charge on any atom is 4.00 e. The number of anilines is 2. The average molecular weight is 659 g/mol. The van der Waals surface area contributed by atoms with E-state index >= 15 is 0 Å². The first-order valence-electron chi connectivity index (χ1n) is 15.4. The first kappa shape index (κ1) is 42.2. The third-order valence-corrected chi connectivity index (χ3v) is 7.39. The van der Waals surface area contributed by atoms with Crippen molar-refractivity contribution in [2.45, 2.75) is 68.2 Å². The molecule has 4 rings (SSSR count). The molecule has 0 aliphatic rings. The third-order valence-electron chi connectivity index (χ3n) is 7.39. The van der Waals surface area contributed by atoms with Crippen molar-refractivity contribution in [1.29, 1.82) is 0 Å². The molecular formula is C38H50F4N2Ti. The molecule has 4 aromatic rings. The molecule has 0 radical (unpaired) electrons. The molecule has 0 bridgehead atoms. The zero-order valence-electron chi connectivity index (χ0n) is 28.2. The van der Waals surface area contributed by atoms with Crippen LogP contribution in [-0.2, 0) is 21.7 Å². The molecule has 2 nitrogen and oxygen atoms in total. The van der Waals surface area contributed by atoms with E-state index in [4.69, 9.17) is 0 Å². The predicted molar refractivity (Wildman–Crippen MR) is 178 cm³/mol. The van der Waals surface area contributed by atoms with E-state index in [-0.39, 0.29) is 32.5 Å². The van der Waals surface area contributed by atoms with Crippen molar-refractivity contribution in [2.24, 2.45) is 10.8 Å². The zero-order chi connectivity index (χ0) is 33.2. The second-order valence-electron chi connectivity index (χ2n) is 12.0. The molecule has 0 fully saturated rings. The summed E-state index contributed by atoms with van der Waals surface area (Å²) in [6, 6.07) is 29.6. The van der Waals surface area contributed by atoms with Gasteiger partial charge in [-0.1, -0.05) is 41.5 Å². The van der Waals surface area contributed by atoms with Gasteiger partial charge < -0.3 is 9.80 Å². The molecule has 4 aromatic carbocycles. The molecule has 0 saturated heterocycles. The van der Waals surface area contributed by atoms with Crippen molar-refractivity contribution in [3.8, 4) is 0 Å². The molecule has 0 atom stereocenters. The van der Waals surface area contributed by atoms with Gasteiger partial charge in [-0.05, 0) is 48.9 Å². The normalized spacial score (nSPS) is 10.6. The predicted octanol–water partition coefficient (Wildman–Crippen LogP) is 10.9. The summed E-state index contributed by atoms with van der Waals surface area (Å²) in [6.07, 6.45) is 2.02. The van der Waals surface area contributed by atoms with Crippen LogP contribution in [0.2, 0.25) is 0 Å². The molecule has 7 heteroatoms. The molecular weight excluding hydrogens is 608 g/mol. The number of halogens is 4. The Bertz CT molecular complexity index is 1140. The molecule has 0 N–H and O–H groups in total. The summed E-state index contributed by atoms with van der Waals surface area (Å²) in [4.78, 5) is 3.85. The summed E-state index contributed by atoms with van der Waals surface area (Å²) in [6.45, 7) is 19.6. The third kappa shape index (κ3) is 16.9. The monoisotopic (exact) mass is 658 g/mol. The van der Waals surface area contributed by atoms with E-state index in [0.717, 1.165) is 25.9 Å². The Morgan fingerprint density at radius 1 is 0.578 bits per heavy atom. The van der Waals surface area contributed by atoms with Crippen LogP contribution in [0.3, 0.4) is 0 Å². The Morgan fingerprint density at radius 3 is 1.09 bits per heavy atom. The van der Waals surface area contributed by atoms with Gasteiger partial charge in [0.1, 0.15) is 0 Å². The van der Waals surface area contributed by atoms with Gasteiger partial charge in [-0.3, -0.25) is 0 Å². The fraction of sp³-hybridized carbons (Fsp3) is 0.421. The molecule has 244 valence electrons. The Labute approximate surface area is 285 Å². The van der Waals surface area contributed by atoms with Crippen molar-refractivity contribution in [1.82, 2.24) is 0 Å². The molecule has 0 saturated carbocycles. The first-order chi connectivity index (χ1) is 20.8. The van der Waals surface area contributed by atoms with Gasteiger partial charge in [0.25, 0.3) is 0 Å². The van der Waals surface area contributed by atoms with Crippen LogP contribution < -0.4 is 9.80 Å². The number of nitrogens with zero attached hydrogens (tertiary/aromatic N) is 2. The number of hydrogen-bond acceptors (Lipinski definition) is 2. The minimum atomic E-state index is -0.656. The van der Waals surface area contributed by atoms with E-state index in [1.165, 1.54) is 24.3 Å². The summed E-state index contributed by atoms with van der Waals surface area (Å²) in [5, 5.41) is 0. The van der Waals surface area contributed by atoms with E-state index in [1.54, 1.807) is 0 Å². The van der Waals surface area contributed by atoms with Gasteiger partial charge in [0.15, 0.2) is 0 Å². The van der Waals surface area contributed by atoms with Crippen LogP contribution in [-0.4, -0.2) is 26.2 Å². The standard InChI is InChI=1S/2C14H20F2N.2C5H5.Ti/c2*1-5-14(3,4)10-17(6-2)13-8-7-11(15)9-12(13)16;2*1-2-4-5-3-1;/h2*7-8H,5-6,10H2,1-4H3;2*1-5H;/q4*-1;+4. The molecule has 0 aliphatic heterocycles. The topological polar surface area (TPSA) is 6.48 Å². The molecule has 45 heavy (non-hydrogen) atoms. The van der Waals surface area contributed by atoms with Crippen LogP contribution in [0.15, 0.2) is 84.9 Å². The summed E-state index contributed by atoms with van der Waals surface area (Å²) < 4.78 is 52.9. The summed E-state index contributed by atoms with van der Waals surface area (Å²) in [5.41, 5.74) is 1.07.